The van der Waals surface area contributed by atoms with Crippen LogP contribution in [0.15, 0.2) is 84.9 Å². The van der Waals surface area contributed by atoms with Gasteiger partial charge in [-0.3, -0.25) is 0 Å². The Balaban J connectivity index is 1.48. The van der Waals surface area contributed by atoms with Gasteiger partial charge in [-0.1, -0.05) is 0 Å². The fraction of sp³-hybridized carbons (Fsp3) is 0.364. The number of carbonyl (C=O) groups excluding carboxylic acids is 3. The van der Waals surface area contributed by atoms with Crippen molar-refractivity contribution in [2.75, 3.05) is 13.1 Å². The Morgan fingerprint density at radius 2 is 1.62 bits per heavy atom. The Hall–Kier alpha value is -3.81. The summed E-state index contributed by atoms with van der Waals surface area (Å²) in [6, 6.07) is 25.9. The molecule has 3 aromatic rings. The molecule has 6 rings (SSSR count). The molecule has 9 heteroatoms. The second-order valence-electron chi connectivity index (χ2n) is 11.5. The van der Waals surface area contributed by atoms with Gasteiger partial charge in [-0.15, -0.1) is 0 Å². The van der Waals surface area contributed by atoms with Crippen LogP contribution in [0.25, 0.3) is 0 Å². The standard InChI is InChI=1S/C33H37N3O5Se/c1-33(2,3)41-32(39)36-19-18-27-29(36)31(38)35-26(20-22-10-6-4-7-11-22)30(37)34-21-28(42-25-12-8-5-9-13-25)23-14-16-24(40-27)17-15-23/h4-17,26-29H,18-21H2,1-3H3,(H,34,37)(H,35,38)/t26-,27-,28+,29-/m0/s1. The number of carbonyl (C=O) groups is 3. The van der Waals surface area contributed by atoms with Gasteiger partial charge in [0, 0.05) is 0 Å². The van der Waals surface area contributed by atoms with Crippen molar-refractivity contribution in [3.8, 4) is 5.75 Å². The van der Waals surface area contributed by atoms with E-state index in [0.29, 0.717) is 31.7 Å². The van der Waals surface area contributed by atoms with Crippen molar-refractivity contribution in [2.45, 2.75) is 62.2 Å². The van der Waals surface area contributed by atoms with Crippen molar-refractivity contribution in [3.63, 3.8) is 0 Å². The van der Waals surface area contributed by atoms with Crippen molar-refractivity contribution in [2.24, 2.45) is 0 Å². The summed E-state index contributed by atoms with van der Waals surface area (Å²) in [5.41, 5.74) is 1.30. The Morgan fingerprint density at radius 1 is 0.952 bits per heavy atom. The molecule has 0 radical (unpaired) electrons. The molecule has 0 unspecified atom stereocenters. The van der Waals surface area contributed by atoms with Gasteiger partial charge in [0.25, 0.3) is 0 Å². The third-order valence-electron chi connectivity index (χ3n) is 7.18. The normalized spacial score (nSPS) is 22.8. The number of hydrogen-bond acceptors (Lipinski definition) is 5. The molecule has 220 valence electrons. The van der Waals surface area contributed by atoms with Gasteiger partial charge in [0.05, 0.1) is 0 Å². The van der Waals surface area contributed by atoms with Crippen molar-refractivity contribution in [1.82, 2.24) is 15.5 Å². The fourth-order valence-electron chi connectivity index (χ4n) is 5.18. The van der Waals surface area contributed by atoms with Crippen molar-refractivity contribution >= 4 is 37.3 Å². The second kappa shape index (κ2) is 13.0. The number of nitrogens with one attached hydrogen (secondary N) is 2. The Kier molecular flexibility index (Phi) is 9.19. The summed E-state index contributed by atoms with van der Waals surface area (Å²) in [5.74, 6) is -0.0901. The predicted octanol–water partition coefficient (Wildman–Crippen LogP) is 3.37. The van der Waals surface area contributed by atoms with E-state index in [1.54, 1.807) is 20.8 Å². The van der Waals surface area contributed by atoms with Gasteiger partial charge < -0.3 is 0 Å². The average molecular weight is 635 g/mol. The van der Waals surface area contributed by atoms with Gasteiger partial charge in [0.15, 0.2) is 0 Å². The monoisotopic (exact) mass is 635 g/mol. The molecule has 42 heavy (non-hydrogen) atoms. The molecule has 4 atom stereocenters. The summed E-state index contributed by atoms with van der Waals surface area (Å²) in [6.07, 6.45) is -0.420. The molecule has 3 aromatic carbocycles. The fourth-order valence-corrected chi connectivity index (χ4v) is 7.50. The van der Waals surface area contributed by atoms with Crippen LogP contribution in [0.3, 0.4) is 0 Å². The van der Waals surface area contributed by atoms with E-state index in [1.807, 2.05) is 72.8 Å². The topological polar surface area (TPSA) is 97.0 Å². The van der Waals surface area contributed by atoms with Crippen LogP contribution in [0.2, 0.25) is 0 Å². The minimum absolute atomic E-state index is 0.0522. The van der Waals surface area contributed by atoms with Crippen LogP contribution in [-0.2, 0) is 20.7 Å². The summed E-state index contributed by atoms with van der Waals surface area (Å²) < 4.78 is 13.2. The summed E-state index contributed by atoms with van der Waals surface area (Å²) in [4.78, 5) is 42.3. The van der Waals surface area contributed by atoms with Gasteiger partial charge >= 0.3 is 233 Å². The van der Waals surface area contributed by atoms with Crippen molar-refractivity contribution in [3.05, 3.63) is 96.1 Å². The molecule has 1 fully saturated rings. The average Bonchev–Trinajstić information content (AvgIpc) is 3.39. The van der Waals surface area contributed by atoms with Gasteiger partial charge in [-0.25, -0.2) is 0 Å². The first kappa shape index (κ1) is 29.7. The maximum atomic E-state index is 13.9. The molecule has 0 aromatic heterocycles. The van der Waals surface area contributed by atoms with E-state index < -0.39 is 35.8 Å². The zero-order chi connectivity index (χ0) is 29.7. The van der Waals surface area contributed by atoms with E-state index in [9.17, 15) is 14.4 Å². The van der Waals surface area contributed by atoms with Crippen molar-refractivity contribution < 1.29 is 23.9 Å². The van der Waals surface area contributed by atoms with E-state index in [1.165, 1.54) is 9.36 Å². The van der Waals surface area contributed by atoms with Crippen LogP contribution < -0.4 is 19.8 Å². The Morgan fingerprint density at radius 3 is 2.29 bits per heavy atom. The maximum absolute atomic E-state index is 13.9. The molecule has 3 amide bonds. The van der Waals surface area contributed by atoms with Crippen molar-refractivity contribution in [1.29, 1.82) is 0 Å². The zero-order valence-electron chi connectivity index (χ0n) is 24.1. The van der Waals surface area contributed by atoms with E-state index in [4.69, 9.17) is 9.47 Å². The van der Waals surface area contributed by atoms with Crippen LogP contribution >= 0.6 is 0 Å². The molecule has 3 heterocycles. The number of fused-ring (bicyclic) bond motifs is 8. The SMILES string of the molecule is CC(C)(C)OC(=O)N1CC[C@@H]2Oc3ccc(cc3)[C@H]([Se]c3ccccc3)CNC(=O)[C@H](Cc3ccccc3)NC(=O)[C@H]21. The molecular formula is C33H37N3O5Se. The van der Waals surface area contributed by atoms with E-state index in [-0.39, 0.29) is 25.7 Å². The van der Waals surface area contributed by atoms with Crippen LogP contribution in [0.1, 0.15) is 43.1 Å². The minimum atomic E-state index is -0.956. The number of hydrogen-bond donors (Lipinski definition) is 2. The van der Waals surface area contributed by atoms with Crippen LogP contribution in [-0.4, -0.2) is 74.6 Å². The number of amides is 3. The number of ether oxygens (including phenoxy) is 2. The van der Waals surface area contributed by atoms with E-state index in [2.05, 4.69) is 22.8 Å². The van der Waals surface area contributed by atoms with Gasteiger partial charge in [-0.2, -0.15) is 0 Å². The molecular weight excluding hydrogens is 597 g/mol. The number of rotatable bonds is 4. The molecule has 1 saturated heterocycles. The third kappa shape index (κ3) is 7.52. The number of likely N-dealkylation sites (tertiary alicyclic amines) is 1. The molecule has 3 aliphatic rings. The molecule has 8 nitrogen and oxygen atoms in total. The molecule has 2 N–H and O–H groups in total. The van der Waals surface area contributed by atoms with Crippen LogP contribution in [0.4, 0.5) is 4.79 Å². The first-order valence-electron chi connectivity index (χ1n) is 14.3. The summed E-state index contributed by atoms with van der Waals surface area (Å²) in [6.45, 7) is 6.09. The number of nitrogens with zero attached hydrogens (tertiary/aromatic N) is 1. The Bertz CT molecular complexity index is 1380. The number of benzene rings is 3. The summed E-state index contributed by atoms with van der Waals surface area (Å²) in [7, 11) is 0. The van der Waals surface area contributed by atoms with Crippen LogP contribution in [0.5, 0.6) is 5.75 Å². The molecule has 0 aliphatic carbocycles. The molecule has 0 spiro atoms. The third-order valence-corrected chi connectivity index (χ3v) is 9.84. The van der Waals surface area contributed by atoms with Crippen LogP contribution in [0, 0.1) is 0 Å². The van der Waals surface area contributed by atoms with Gasteiger partial charge in [-0.05, 0) is 20.8 Å². The summed E-state index contributed by atoms with van der Waals surface area (Å²) >= 11 is 0.0522. The second-order valence-corrected chi connectivity index (χ2v) is 14.2. The molecule has 2 bridgehead atoms. The molecule has 0 saturated carbocycles. The first-order valence-corrected chi connectivity index (χ1v) is 16.1. The zero-order valence-corrected chi connectivity index (χ0v) is 25.8. The first-order chi connectivity index (χ1) is 20.2. The van der Waals surface area contributed by atoms with E-state index in [0.717, 1.165) is 11.1 Å². The van der Waals surface area contributed by atoms with Gasteiger partial charge in [0.2, 0.25) is 0 Å². The Labute approximate surface area is 253 Å². The van der Waals surface area contributed by atoms with Gasteiger partial charge in [0.1, 0.15) is 0 Å². The van der Waals surface area contributed by atoms with E-state index >= 15 is 0 Å². The summed E-state index contributed by atoms with van der Waals surface area (Å²) in [5, 5.41) is 6.10. The predicted molar refractivity (Wildman–Crippen MR) is 162 cm³/mol. The quantitative estimate of drug-likeness (QED) is 0.430. The molecule has 3 aliphatic heterocycles.